The van der Waals surface area contributed by atoms with E-state index in [4.69, 9.17) is 11.6 Å². The summed E-state index contributed by atoms with van der Waals surface area (Å²) in [6.45, 7) is 5.27. The highest BCUT2D eigenvalue weighted by atomic mass is 35.5. The lowest BCUT2D eigenvalue weighted by Crippen LogP contribution is -2.48. The molecule has 3 aromatic rings. The zero-order valence-electron chi connectivity index (χ0n) is 16.7. The molecule has 5 nitrogen and oxygen atoms in total. The average molecular weight is 411 g/mol. The summed E-state index contributed by atoms with van der Waals surface area (Å²) in [5.41, 5.74) is 2.11. The fourth-order valence-corrected chi connectivity index (χ4v) is 4.06. The number of aromatic nitrogens is 1. The fraction of sp³-hybridized carbons (Fsp3) is 0.348. The van der Waals surface area contributed by atoms with Crippen LogP contribution in [-0.2, 0) is 11.3 Å². The second-order valence-electron chi connectivity index (χ2n) is 7.78. The van der Waals surface area contributed by atoms with Crippen LogP contribution in [0, 0.1) is 0 Å². The Balaban J connectivity index is 1.47. The Kier molecular flexibility index (Phi) is 6.19. The molecule has 1 atom stereocenters. The number of nitrogens with one attached hydrogen (secondary N) is 1. The molecular formula is C23H27ClN4O. The van der Waals surface area contributed by atoms with Gasteiger partial charge in [0.05, 0.1) is 6.04 Å². The Morgan fingerprint density at radius 1 is 1.07 bits per heavy atom. The Morgan fingerprint density at radius 2 is 1.83 bits per heavy atom. The SMILES string of the molecule is CN1CCN(CC(NC(=O)Cn2ccc3ccc(Cl)cc32)c2ccccc2)CC1. The molecule has 1 aromatic heterocycles. The monoisotopic (exact) mass is 410 g/mol. The van der Waals surface area contributed by atoms with Crippen LogP contribution in [0.15, 0.2) is 60.8 Å². The number of fused-ring (bicyclic) bond motifs is 1. The predicted octanol–water partition coefficient (Wildman–Crippen LogP) is 3.40. The van der Waals surface area contributed by atoms with Crippen LogP contribution in [0.1, 0.15) is 11.6 Å². The van der Waals surface area contributed by atoms with E-state index in [1.165, 1.54) is 0 Å². The molecule has 1 unspecified atom stereocenters. The number of carbonyl (C=O) groups is 1. The van der Waals surface area contributed by atoms with Crippen molar-refractivity contribution in [3.05, 3.63) is 71.4 Å². The molecular weight excluding hydrogens is 384 g/mol. The van der Waals surface area contributed by atoms with Gasteiger partial charge in [-0.3, -0.25) is 9.69 Å². The van der Waals surface area contributed by atoms with E-state index in [1.54, 1.807) is 0 Å². The van der Waals surface area contributed by atoms with Crippen LogP contribution < -0.4 is 5.32 Å². The summed E-state index contributed by atoms with van der Waals surface area (Å²) in [5.74, 6) is 0.00505. The van der Waals surface area contributed by atoms with Gasteiger partial charge in [-0.05, 0) is 36.2 Å². The minimum atomic E-state index is -0.0301. The molecule has 2 aromatic carbocycles. The van der Waals surface area contributed by atoms with Gasteiger partial charge >= 0.3 is 0 Å². The van der Waals surface area contributed by atoms with E-state index in [0.717, 1.165) is 49.2 Å². The quantitative estimate of drug-likeness (QED) is 0.677. The summed E-state index contributed by atoms with van der Waals surface area (Å²) in [6, 6.07) is 18.0. The lowest BCUT2D eigenvalue weighted by atomic mass is 10.1. The van der Waals surface area contributed by atoms with Gasteiger partial charge in [-0.1, -0.05) is 48.0 Å². The maximum Gasteiger partial charge on any atom is 0.240 e. The first kappa shape index (κ1) is 20.0. The van der Waals surface area contributed by atoms with Crippen LogP contribution >= 0.6 is 11.6 Å². The summed E-state index contributed by atoms with van der Waals surface area (Å²) < 4.78 is 1.95. The normalized spacial score (nSPS) is 16.8. The topological polar surface area (TPSA) is 40.5 Å². The number of hydrogen-bond acceptors (Lipinski definition) is 3. The molecule has 0 bridgehead atoms. The van der Waals surface area contributed by atoms with Crippen LogP contribution in [0.3, 0.4) is 0 Å². The third-order valence-corrected chi connectivity index (χ3v) is 5.86. The number of amides is 1. The lowest BCUT2D eigenvalue weighted by Gasteiger charge is -2.35. The minimum Gasteiger partial charge on any atom is -0.346 e. The van der Waals surface area contributed by atoms with Gasteiger partial charge in [-0.25, -0.2) is 0 Å². The number of piperazine rings is 1. The molecule has 1 saturated heterocycles. The summed E-state index contributed by atoms with van der Waals surface area (Å²) in [5, 5.41) is 5.02. The molecule has 6 heteroatoms. The molecule has 152 valence electrons. The van der Waals surface area contributed by atoms with E-state index in [0.29, 0.717) is 5.02 Å². The molecule has 29 heavy (non-hydrogen) atoms. The predicted molar refractivity (Wildman–Crippen MR) is 118 cm³/mol. The van der Waals surface area contributed by atoms with E-state index in [1.807, 2.05) is 53.2 Å². The molecule has 0 saturated carbocycles. The number of halogens is 1. The molecule has 1 N–H and O–H groups in total. The highest BCUT2D eigenvalue weighted by molar-refractivity contribution is 6.31. The molecule has 2 heterocycles. The van der Waals surface area contributed by atoms with Crippen molar-refractivity contribution in [1.82, 2.24) is 19.7 Å². The van der Waals surface area contributed by atoms with Crippen LogP contribution in [-0.4, -0.2) is 60.0 Å². The summed E-state index contributed by atoms with van der Waals surface area (Å²) in [6.07, 6.45) is 1.94. The van der Waals surface area contributed by atoms with Gasteiger partial charge in [0.2, 0.25) is 5.91 Å². The average Bonchev–Trinajstić information content (AvgIpc) is 3.11. The van der Waals surface area contributed by atoms with Gasteiger partial charge in [0, 0.05) is 49.5 Å². The van der Waals surface area contributed by atoms with Crippen LogP contribution in [0.5, 0.6) is 0 Å². The van der Waals surface area contributed by atoms with Gasteiger partial charge in [0.15, 0.2) is 0 Å². The molecule has 1 aliphatic heterocycles. The maximum atomic E-state index is 12.9. The summed E-state index contributed by atoms with van der Waals surface area (Å²) in [7, 11) is 2.15. The van der Waals surface area contributed by atoms with E-state index in [9.17, 15) is 4.79 Å². The minimum absolute atomic E-state index is 0.00505. The number of hydrogen-bond donors (Lipinski definition) is 1. The van der Waals surface area contributed by atoms with Crippen molar-refractivity contribution in [2.24, 2.45) is 0 Å². The van der Waals surface area contributed by atoms with E-state index >= 15 is 0 Å². The van der Waals surface area contributed by atoms with Crippen molar-refractivity contribution in [2.75, 3.05) is 39.8 Å². The Bertz CT molecular complexity index is 963. The standard InChI is InChI=1S/C23H27ClN4O/c1-26-11-13-27(14-12-26)16-21(18-5-3-2-4-6-18)25-23(29)17-28-10-9-19-7-8-20(24)15-22(19)28/h2-10,15,21H,11-14,16-17H2,1H3,(H,25,29). The van der Waals surface area contributed by atoms with Crippen LogP contribution in [0.4, 0.5) is 0 Å². The molecule has 4 rings (SSSR count). The van der Waals surface area contributed by atoms with E-state index in [-0.39, 0.29) is 18.5 Å². The molecule has 0 aliphatic carbocycles. The summed E-state index contributed by atoms with van der Waals surface area (Å²) >= 11 is 6.14. The smallest absolute Gasteiger partial charge is 0.240 e. The van der Waals surface area contributed by atoms with E-state index in [2.05, 4.69) is 34.3 Å². The van der Waals surface area contributed by atoms with Crippen molar-refractivity contribution in [3.8, 4) is 0 Å². The first-order valence-electron chi connectivity index (χ1n) is 10.1. The first-order valence-corrected chi connectivity index (χ1v) is 10.5. The number of rotatable bonds is 6. The molecule has 0 spiro atoms. The number of benzene rings is 2. The number of carbonyl (C=O) groups excluding carboxylic acids is 1. The van der Waals surface area contributed by atoms with Crippen molar-refractivity contribution in [2.45, 2.75) is 12.6 Å². The Morgan fingerprint density at radius 3 is 2.59 bits per heavy atom. The van der Waals surface area contributed by atoms with Crippen molar-refractivity contribution in [3.63, 3.8) is 0 Å². The van der Waals surface area contributed by atoms with Crippen LogP contribution in [0.25, 0.3) is 10.9 Å². The van der Waals surface area contributed by atoms with Gasteiger partial charge in [0.25, 0.3) is 0 Å². The Hall–Kier alpha value is -2.34. The highest BCUT2D eigenvalue weighted by Gasteiger charge is 2.21. The Labute approximate surface area is 176 Å². The van der Waals surface area contributed by atoms with Crippen LogP contribution in [0.2, 0.25) is 5.02 Å². The molecule has 1 aliphatic rings. The third-order valence-electron chi connectivity index (χ3n) is 5.62. The fourth-order valence-electron chi connectivity index (χ4n) is 3.90. The second kappa shape index (κ2) is 8.99. The van der Waals surface area contributed by atoms with Gasteiger partial charge in [0.1, 0.15) is 6.54 Å². The van der Waals surface area contributed by atoms with Gasteiger partial charge in [-0.15, -0.1) is 0 Å². The van der Waals surface area contributed by atoms with Crippen molar-refractivity contribution >= 4 is 28.4 Å². The van der Waals surface area contributed by atoms with Gasteiger partial charge in [-0.2, -0.15) is 0 Å². The summed E-state index contributed by atoms with van der Waals surface area (Å²) in [4.78, 5) is 17.7. The van der Waals surface area contributed by atoms with Crippen molar-refractivity contribution < 1.29 is 4.79 Å². The lowest BCUT2D eigenvalue weighted by molar-refractivity contribution is -0.122. The third kappa shape index (κ3) is 4.99. The zero-order valence-corrected chi connectivity index (χ0v) is 17.5. The largest absolute Gasteiger partial charge is 0.346 e. The van der Waals surface area contributed by atoms with Crippen molar-refractivity contribution in [1.29, 1.82) is 0 Å². The second-order valence-corrected chi connectivity index (χ2v) is 8.22. The molecule has 1 amide bonds. The first-order chi connectivity index (χ1) is 14.1. The van der Waals surface area contributed by atoms with E-state index < -0.39 is 0 Å². The molecule has 1 fully saturated rings. The number of likely N-dealkylation sites (N-methyl/N-ethyl adjacent to an activating group) is 1. The number of nitrogens with zero attached hydrogens (tertiary/aromatic N) is 3. The highest BCUT2D eigenvalue weighted by Crippen LogP contribution is 2.21. The molecule has 0 radical (unpaired) electrons. The van der Waals surface area contributed by atoms with Gasteiger partial charge < -0.3 is 14.8 Å². The zero-order chi connectivity index (χ0) is 20.2. The maximum absolute atomic E-state index is 12.9.